The molecule has 1 aliphatic heterocycles. The van der Waals surface area contributed by atoms with Gasteiger partial charge in [0.2, 0.25) is 0 Å². The molecule has 0 saturated carbocycles. The maximum absolute atomic E-state index is 10.7. The van der Waals surface area contributed by atoms with Crippen molar-refractivity contribution in [2.75, 3.05) is 13.1 Å². The number of carboxylic acid groups (broad SMARTS) is 1. The summed E-state index contributed by atoms with van der Waals surface area (Å²) < 4.78 is 1.87. The van der Waals surface area contributed by atoms with E-state index in [1.165, 1.54) is 5.56 Å². The molecule has 0 radical (unpaired) electrons. The molecule has 112 valence electrons. The van der Waals surface area contributed by atoms with Gasteiger partial charge in [-0.15, -0.1) is 0 Å². The standard InChI is InChI=1S/C15H25N3O2/c1-11-14(10-17(3)16-11)12(2)18-8-4-5-13(9-18)6-7-15(19)20/h10,12-13H,4-9H2,1-3H3,(H,19,20). The lowest BCUT2D eigenvalue weighted by Gasteiger charge is -2.36. The molecule has 2 unspecified atom stereocenters. The van der Waals surface area contributed by atoms with Crippen LogP contribution >= 0.6 is 0 Å². The molecule has 1 aromatic heterocycles. The molecule has 20 heavy (non-hydrogen) atoms. The van der Waals surface area contributed by atoms with Crippen LogP contribution in [0.1, 0.15) is 49.9 Å². The van der Waals surface area contributed by atoms with Crippen LogP contribution in [0.4, 0.5) is 0 Å². The largest absolute Gasteiger partial charge is 0.481 e. The molecule has 0 spiro atoms. The monoisotopic (exact) mass is 279 g/mol. The van der Waals surface area contributed by atoms with E-state index in [0.717, 1.165) is 38.0 Å². The molecule has 0 bridgehead atoms. The van der Waals surface area contributed by atoms with E-state index in [2.05, 4.69) is 30.0 Å². The van der Waals surface area contributed by atoms with Gasteiger partial charge in [0.25, 0.3) is 0 Å². The predicted octanol–water partition coefficient (Wildman–Crippen LogP) is 2.37. The van der Waals surface area contributed by atoms with Gasteiger partial charge in [-0.3, -0.25) is 14.4 Å². The first kappa shape index (κ1) is 15.0. The minimum absolute atomic E-state index is 0.290. The molecule has 1 saturated heterocycles. The maximum atomic E-state index is 10.7. The number of hydrogen-bond donors (Lipinski definition) is 1. The molecule has 0 aliphatic carbocycles. The Labute approximate surface area is 120 Å². The smallest absolute Gasteiger partial charge is 0.303 e. The van der Waals surface area contributed by atoms with E-state index in [4.69, 9.17) is 5.11 Å². The Morgan fingerprint density at radius 3 is 2.95 bits per heavy atom. The molecule has 5 nitrogen and oxygen atoms in total. The number of aryl methyl sites for hydroxylation is 2. The molecule has 2 heterocycles. The lowest BCUT2D eigenvalue weighted by Crippen LogP contribution is -2.37. The maximum Gasteiger partial charge on any atom is 0.303 e. The van der Waals surface area contributed by atoms with Crippen molar-refractivity contribution in [1.29, 1.82) is 0 Å². The van der Waals surface area contributed by atoms with Crippen LogP contribution in [-0.2, 0) is 11.8 Å². The molecule has 1 fully saturated rings. The van der Waals surface area contributed by atoms with Gasteiger partial charge in [0.05, 0.1) is 5.69 Å². The quantitative estimate of drug-likeness (QED) is 0.899. The van der Waals surface area contributed by atoms with Crippen molar-refractivity contribution in [3.63, 3.8) is 0 Å². The van der Waals surface area contributed by atoms with Gasteiger partial charge in [-0.2, -0.15) is 5.10 Å². The first-order chi connectivity index (χ1) is 9.47. The van der Waals surface area contributed by atoms with Crippen LogP contribution < -0.4 is 0 Å². The first-order valence-electron chi connectivity index (χ1n) is 7.43. The van der Waals surface area contributed by atoms with Gasteiger partial charge in [-0.25, -0.2) is 0 Å². The van der Waals surface area contributed by atoms with Gasteiger partial charge >= 0.3 is 5.97 Å². The number of piperidine rings is 1. The molecule has 1 aromatic rings. The van der Waals surface area contributed by atoms with Crippen LogP contribution in [0.2, 0.25) is 0 Å². The number of aromatic nitrogens is 2. The Morgan fingerprint density at radius 1 is 1.60 bits per heavy atom. The van der Waals surface area contributed by atoms with E-state index in [-0.39, 0.29) is 0 Å². The third kappa shape index (κ3) is 3.60. The normalized spacial score (nSPS) is 21.9. The van der Waals surface area contributed by atoms with Gasteiger partial charge in [0, 0.05) is 37.8 Å². The number of carboxylic acids is 1. The highest BCUT2D eigenvalue weighted by molar-refractivity contribution is 5.66. The summed E-state index contributed by atoms with van der Waals surface area (Å²) in [5, 5.41) is 13.2. The molecular weight excluding hydrogens is 254 g/mol. The van der Waals surface area contributed by atoms with Crippen molar-refractivity contribution in [3.05, 3.63) is 17.5 Å². The Morgan fingerprint density at radius 2 is 2.35 bits per heavy atom. The number of likely N-dealkylation sites (tertiary alicyclic amines) is 1. The van der Waals surface area contributed by atoms with E-state index < -0.39 is 5.97 Å². The van der Waals surface area contributed by atoms with Crippen LogP contribution in [0.15, 0.2) is 6.20 Å². The number of nitrogens with zero attached hydrogens (tertiary/aromatic N) is 3. The summed E-state index contributed by atoms with van der Waals surface area (Å²) in [6, 6.07) is 0.358. The van der Waals surface area contributed by atoms with Gasteiger partial charge in [0.1, 0.15) is 0 Å². The predicted molar refractivity (Wildman–Crippen MR) is 77.5 cm³/mol. The van der Waals surface area contributed by atoms with E-state index >= 15 is 0 Å². The van der Waals surface area contributed by atoms with Gasteiger partial charge < -0.3 is 5.11 Å². The van der Waals surface area contributed by atoms with Crippen molar-refractivity contribution < 1.29 is 9.90 Å². The summed E-state index contributed by atoms with van der Waals surface area (Å²) >= 11 is 0. The van der Waals surface area contributed by atoms with Gasteiger partial charge in [-0.05, 0) is 45.6 Å². The summed E-state index contributed by atoms with van der Waals surface area (Å²) in [6.45, 7) is 6.38. The zero-order valence-corrected chi connectivity index (χ0v) is 12.7. The lowest BCUT2D eigenvalue weighted by atomic mass is 9.91. The summed E-state index contributed by atoms with van der Waals surface area (Å²) in [7, 11) is 1.95. The highest BCUT2D eigenvalue weighted by Gasteiger charge is 2.26. The van der Waals surface area contributed by atoms with Crippen molar-refractivity contribution in [2.24, 2.45) is 13.0 Å². The number of carbonyl (C=O) groups is 1. The van der Waals surface area contributed by atoms with Crippen LogP contribution in [-0.4, -0.2) is 38.8 Å². The molecule has 2 atom stereocenters. The Balaban J connectivity index is 1.97. The fourth-order valence-corrected chi connectivity index (χ4v) is 3.24. The van der Waals surface area contributed by atoms with Crippen molar-refractivity contribution in [1.82, 2.24) is 14.7 Å². The number of hydrogen-bond acceptors (Lipinski definition) is 3. The highest BCUT2D eigenvalue weighted by Crippen LogP contribution is 2.29. The zero-order valence-electron chi connectivity index (χ0n) is 12.7. The summed E-state index contributed by atoms with van der Waals surface area (Å²) in [5.41, 5.74) is 2.37. The van der Waals surface area contributed by atoms with Gasteiger partial charge in [0.15, 0.2) is 0 Å². The van der Waals surface area contributed by atoms with Crippen molar-refractivity contribution in [3.8, 4) is 0 Å². The van der Waals surface area contributed by atoms with E-state index in [1.807, 2.05) is 11.7 Å². The Kier molecular flexibility index (Phi) is 4.81. The zero-order chi connectivity index (χ0) is 14.7. The average molecular weight is 279 g/mol. The second-order valence-electron chi connectivity index (χ2n) is 5.96. The van der Waals surface area contributed by atoms with Gasteiger partial charge in [-0.1, -0.05) is 0 Å². The third-order valence-corrected chi connectivity index (χ3v) is 4.37. The molecule has 0 aromatic carbocycles. The van der Waals surface area contributed by atoms with Crippen molar-refractivity contribution in [2.45, 2.75) is 45.6 Å². The van der Waals surface area contributed by atoms with Crippen molar-refractivity contribution >= 4 is 5.97 Å². The minimum atomic E-state index is -0.682. The molecular formula is C15H25N3O2. The van der Waals surface area contributed by atoms with Crippen LogP contribution in [0, 0.1) is 12.8 Å². The van der Waals surface area contributed by atoms with Crippen LogP contribution in [0.25, 0.3) is 0 Å². The highest BCUT2D eigenvalue weighted by atomic mass is 16.4. The molecule has 1 N–H and O–H groups in total. The summed E-state index contributed by atoms with van der Waals surface area (Å²) in [5.74, 6) is -0.169. The average Bonchev–Trinajstić information content (AvgIpc) is 2.75. The first-order valence-corrected chi connectivity index (χ1v) is 7.43. The fraction of sp³-hybridized carbons (Fsp3) is 0.733. The number of rotatable bonds is 5. The Bertz CT molecular complexity index is 470. The van der Waals surface area contributed by atoms with Crippen LogP contribution in [0.5, 0.6) is 0 Å². The topological polar surface area (TPSA) is 58.4 Å². The minimum Gasteiger partial charge on any atom is -0.481 e. The second-order valence-corrected chi connectivity index (χ2v) is 5.96. The molecule has 1 aliphatic rings. The van der Waals surface area contributed by atoms with E-state index in [0.29, 0.717) is 18.4 Å². The number of aliphatic carboxylic acids is 1. The summed E-state index contributed by atoms with van der Waals surface area (Å²) in [4.78, 5) is 13.2. The molecule has 0 amide bonds. The SMILES string of the molecule is Cc1nn(C)cc1C(C)N1CCCC(CCC(=O)O)C1. The van der Waals surface area contributed by atoms with E-state index in [9.17, 15) is 4.79 Å². The second kappa shape index (κ2) is 6.39. The summed E-state index contributed by atoms with van der Waals surface area (Å²) in [6.07, 6.45) is 5.50. The van der Waals surface area contributed by atoms with Crippen LogP contribution in [0.3, 0.4) is 0 Å². The van der Waals surface area contributed by atoms with E-state index in [1.54, 1.807) is 0 Å². The molecule has 2 rings (SSSR count). The Hall–Kier alpha value is -1.36. The molecule has 5 heteroatoms. The lowest BCUT2D eigenvalue weighted by molar-refractivity contribution is -0.137. The third-order valence-electron chi connectivity index (χ3n) is 4.37. The fourth-order valence-electron chi connectivity index (χ4n) is 3.24.